The molecule has 0 unspecified atom stereocenters. The van der Waals surface area contributed by atoms with Crippen LogP contribution >= 0.6 is 0 Å². The fourth-order valence-electron chi connectivity index (χ4n) is 3.86. The Hall–Kier alpha value is -2.70. The summed E-state index contributed by atoms with van der Waals surface area (Å²) in [5.74, 6) is 0.116. The Balaban J connectivity index is 1.82. The number of pyridine rings is 1. The van der Waals surface area contributed by atoms with Crippen molar-refractivity contribution >= 4 is 22.6 Å². The highest BCUT2D eigenvalue weighted by atomic mass is 16.2. The number of nitrogens with one attached hydrogen (secondary N) is 2. The number of nitrogens with zero attached hydrogens (tertiary/aromatic N) is 3. The summed E-state index contributed by atoms with van der Waals surface area (Å²) in [5, 5.41) is 4.30. The molecule has 0 spiro atoms. The number of rotatable bonds is 5. The minimum atomic E-state index is 0.116. The first-order chi connectivity index (χ1) is 13.6. The van der Waals surface area contributed by atoms with E-state index in [0.29, 0.717) is 13.1 Å². The zero-order valence-electron chi connectivity index (χ0n) is 16.7. The fourth-order valence-corrected chi connectivity index (χ4v) is 3.86. The van der Waals surface area contributed by atoms with Crippen molar-refractivity contribution in [2.75, 3.05) is 38.6 Å². The number of hydrogen-bond donors (Lipinski definition) is 2. The Bertz CT molecular complexity index is 1010. The molecule has 6 heteroatoms. The smallest absolute Gasteiger partial charge is 0.240 e. The molecule has 1 aliphatic rings. The summed E-state index contributed by atoms with van der Waals surface area (Å²) >= 11 is 0. The monoisotopic (exact) mass is 377 g/mol. The van der Waals surface area contributed by atoms with Crippen LogP contribution in [0.15, 0.2) is 36.7 Å². The van der Waals surface area contributed by atoms with Crippen molar-refractivity contribution in [3.8, 4) is 11.1 Å². The van der Waals surface area contributed by atoms with Gasteiger partial charge in [-0.2, -0.15) is 0 Å². The standard InChI is InChI=1S/C22H27N5O/c1-4-15-11-24-22-20(15)9-17(12-25-22)19-10-18(6-5-16(19)14-26(2)3)27-8-7-23-13-21(27)28/h5-6,9-12,23H,4,7-8,13-14H2,1-3H3,(H,24,25). The Morgan fingerprint density at radius 2 is 2.07 bits per heavy atom. The zero-order valence-corrected chi connectivity index (χ0v) is 16.7. The topological polar surface area (TPSA) is 64.3 Å². The van der Waals surface area contributed by atoms with Crippen LogP contribution in [0.5, 0.6) is 0 Å². The molecule has 1 saturated heterocycles. The van der Waals surface area contributed by atoms with E-state index < -0.39 is 0 Å². The highest BCUT2D eigenvalue weighted by Gasteiger charge is 2.21. The van der Waals surface area contributed by atoms with Gasteiger partial charge >= 0.3 is 0 Å². The van der Waals surface area contributed by atoms with Crippen molar-refractivity contribution in [1.29, 1.82) is 0 Å². The fraction of sp³-hybridized carbons (Fsp3) is 0.364. The number of hydrogen-bond acceptors (Lipinski definition) is 4. The molecule has 1 aromatic carbocycles. The number of aromatic nitrogens is 2. The first-order valence-corrected chi connectivity index (χ1v) is 9.82. The summed E-state index contributed by atoms with van der Waals surface area (Å²) in [6.07, 6.45) is 4.93. The average molecular weight is 377 g/mol. The van der Waals surface area contributed by atoms with Crippen LogP contribution in [-0.4, -0.2) is 54.5 Å². The van der Waals surface area contributed by atoms with Gasteiger partial charge in [-0.25, -0.2) is 4.98 Å². The van der Waals surface area contributed by atoms with Crippen LogP contribution in [0.25, 0.3) is 22.2 Å². The minimum Gasteiger partial charge on any atom is -0.346 e. The van der Waals surface area contributed by atoms with Crippen molar-refractivity contribution in [3.63, 3.8) is 0 Å². The van der Waals surface area contributed by atoms with Crippen molar-refractivity contribution in [1.82, 2.24) is 20.2 Å². The van der Waals surface area contributed by atoms with E-state index in [2.05, 4.69) is 65.5 Å². The van der Waals surface area contributed by atoms with Gasteiger partial charge in [0, 0.05) is 48.7 Å². The number of benzene rings is 1. The van der Waals surface area contributed by atoms with Gasteiger partial charge in [0.1, 0.15) is 5.65 Å². The van der Waals surface area contributed by atoms with Gasteiger partial charge in [-0.05, 0) is 55.4 Å². The highest BCUT2D eigenvalue weighted by molar-refractivity contribution is 5.96. The van der Waals surface area contributed by atoms with E-state index >= 15 is 0 Å². The van der Waals surface area contributed by atoms with Crippen LogP contribution in [0.4, 0.5) is 5.69 Å². The van der Waals surface area contributed by atoms with Gasteiger partial charge in [0.2, 0.25) is 5.91 Å². The predicted octanol–water partition coefficient (Wildman–Crippen LogP) is 2.79. The van der Waals surface area contributed by atoms with Crippen LogP contribution in [0.1, 0.15) is 18.1 Å². The van der Waals surface area contributed by atoms with E-state index in [9.17, 15) is 4.79 Å². The molecule has 6 nitrogen and oxygen atoms in total. The molecule has 146 valence electrons. The van der Waals surface area contributed by atoms with E-state index in [0.717, 1.165) is 42.0 Å². The minimum absolute atomic E-state index is 0.116. The van der Waals surface area contributed by atoms with Gasteiger partial charge in [0.25, 0.3) is 0 Å². The van der Waals surface area contributed by atoms with E-state index in [-0.39, 0.29) is 5.91 Å². The third-order valence-corrected chi connectivity index (χ3v) is 5.29. The molecule has 3 aromatic rings. The third-order valence-electron chi connectivity index (χ3n) is 5.29. The summed E-state index contributed by atoms with van der Waals surface area (Å²) in [7, 11) is 4.14. The van der Waals surface area contributed by atoms with Gasteiger partial charge in [0.15, 0.2) is 0 Å². The lowest BCUT2D eigenvalue weighted by atomic mass is 9.98. The van der Waals surface area contributed by atoms with E-state index in [1.165, 1.54) is 16.5 Å². The number of piperazine rings is 1. The van der Waals surface area contributed by atoms with Gasteiger partial charge in [-0.15, -0.1) is 0 Å². The van der Waals surface area contributed by atoms with Crippen LogP contribution in [0, 0.1) is 0 Å². The van der Waals surface area contributed by atoms with E-state index in [1.807, 2.05) is 17.3 Å². The molecule has 2 aromatic heterocycles. The quantitative estimate of drug-likeness (QED) is 0.718. The van der Waals surface area contributed by atoms with Crippen molar-refractivity contribution in [2.24, 2.45) is 0 Å². The van der Waals surface area contributed by atoms with E-state index in [4.69, 9.17) is 0 Å². The molecule has 3 heterocycles. The second kappa shape index (κ2) is 7.73. The molecule has 4 rings (SSSR count). The number of H-pyrrole nitrogens is 1. The maximum Gasteiger partial charge on any atom is 0.240 e. The average Bonchev–Trinajstić information content (AvgIpc) is 3.10. The van der Waals surface area contributed by atoms with Crippen molar-refractivity contribution < 1.29 is 4.79 Å². The number of anilines is 1. The van der Waals surface area contributed by atoms with Crippen LogP contribution in [0.3, 0.4) is 0 Å². The maximum absolute atomic E-state index is 12.4. The van der Waals surface area contributed by atoms with Crippen molar-refractivity contribution in [2.45, 2.75) is 19.9 Å². The summed E-state index contributed by atoms with van der Waals surface area (Å²) in [6, 6.07) is 8.56. The maximum atomic E-state index is 12.4. The number of carbonyl (C=O) groups is 1. The molecule has 1 fully saturated rings. The summed E-state index contributed by atoms with van der Waals surface area (Å²) in [4.78, 5) is 24.3. The zero-order chi connectivity index (χ0) is 19.7. The van der Waals surface area contributed by atoms with Gasteiger partial charge < -0.3 is 20.1 Å². The Morgan fingerprint density at radius 1 is 1.21 bits per heavy atom. The van der Waals surface area contributed by atoms with Gasteiger partial charge in [-0.3, -0.25) is 4.79 Å². The Labute approximate surface area is 165 Å². The second-order valence-electron chi connectivity index (χ2n) is 7.59. The molecular weight excluding hydrogens is 350 g/mol. The molecule has 0 radical (unpaired) electrons. The molecule has 0 bridgehead atoms. The Morgan fingerprint density at radius 3 is 2.82 bits per heavy atom. The van der Waals surface area contributed by atoms with Gasteiger partial charge in [0.05, 0.1) is 6.54 Å². The van der Waals surface area contributed by atoms with Crippen LogP contribution < -0.4 is 10.2 Å². The lowest BCUT2D eigenvalue weighted by Crippen LogP contribution is -2.48. The second-order valence-corrected chi connectivity index (χ2v) is 7.59. The number of carbonyl (C=O) groups excluding carboxylic acids is 1. The third kappa shape index (κ3) is 3.53. The van der Waals surface area contributed by atoms with Crippen LogP contribution in [0.2, 0.25) is 0 Å². The normalized spacial score (nSPS) is 15.0. The van der Waals surface area contributed by atoms with Crippen molar-refractivity contribution in [3.05, 3.63) is 47.8 Å². The lowest BCUT2D eigenvalue weighted by Gasteiger charge is -2.28. The van der Waals surface area contributed by atoms with E-state index in [1.54, 1.807) is 0 Å². The summed E-state index contributed by atoms with van der Waals surface area (Å²) in [6.45, 7) is 4.89. The number of aryl methyl sites for hydroxylation is 1. The predicted molar refractivity (Wildman–Crippen MR) is 114 cm³/mol. The number of amides is 1. The largest absolute Gasteiger partial charge is 0.346 e. The lowest BCUT2D eigenvalue weighted by molar-refractivity contribution is -0.118. The summed E-state index contributed by atoms with van der Waals surface area (Å²) in [5.41, 5.74) is 6.59. The SMILES string of the molecule is CCc1c[nH]c2ncc(-c3cc(N4CCNCC4=O)ccc3CN(C)C)cc12. The number of aromatic amines is 1. The number of fused-ring (bicyclic) bond motifs is 1. The molecule has 0 aliphatic carbocycles. The molecule has 1 aliphatic heterocycles. The molecule has 0 atom stereocenters. The van der Waals surface area contributed by atoms with Crippen LogP contribution in [-0.2, 0) is 17.8 Å². The Kier molecular flexibility index (Phi) is 5.15. The molecular formula is C22H27N5O. The molecule has 0 saturated carbocycles. The summed E-state index contributed by atoms with van der Waals surface area (Å²) < 4.78 is 0. The first kappa shape index (κ1) is 18.7. The van der Waals surface area contributed by atoms with Gasteiger partial charge in [-0.1, -0.05) is 13.0 Å². The first-order valence-electron chi connectivity index (χ1n) is 9.82. The molecule has 2 N–H and O–H groups in total. The molecule has 28 heavy (non-hydrogen) atoms. The molecule has 1 amide bonds. The highest BCUT2D eigenvalue weighted by Crippen LogP contribution is 2.32.